The highest BCUT2D eigenvalue weighted by Crippen LogP contribution is 2.28. The molecule has 0 rings (SSSR count). The van der Waals surface area contributed by atoms with Gasteiger partial charge in [0.2, 0.25) is 0 Å². The molecule has 0 N–H and O–H groups in total. The van der Waals surface area contributed by atoms with Crippen molar-refractivity contribution in [2.24, 2.45) is 5.92 Å². The highest BCUT2D eigenvalue weighted by molar-refractivity contribution is 6.14. The molecule has 48 valence electrons. The van der Waals surface area contributed by atoms with Crippen molar-refractivity contribution in [1.82, 2.24) is 0 Å². The largest absolute Gasteiger partial charge is 0.109 e. The molecule has 0 aromatic rings. The summed E-state index contributed by atoms with van der Waals surface area (Å²) in [5, 5.41) is 0.500. The maximum atomic E-state index is 2.26. The first-order chi connectivity index (χ1) is 2.94. The van der Waals surface area contributed by atoms with E-state index in [1.54, 1.807) is 0 Å². The molecule has 0 heterocycles. The lowest BCUT2D eigenvalue weighted by Gasteiger charge is -2.22. The molecular weight excluding hydrogens is 93.7 g/mol. The first-order valence-corrected chi connectivity index (χ1v) is 2.94. The van der Waals surface area contributed by atoms with Gasteiger partial charge < -0.3 is 0 Å². The Labute approximate surface area is 56.0 Å². The number of hydrogen-bond donors (Lipinski definition) is 0. The zero-order valence-electron chi connectivity index (χ0n) is 6.08. The fraction of sp³-hybridized carbons (Fsp3) is 1.00. The third-order valence-corrected chi connectivity index (χ3v) is 1.73. The first-order valence-electron chi connectivity index (χ1n) is 2.94. The summed E-state index contributed by atoms with van der Waals surface area (Å²) >= 11 is 0. The number of hydrogen-bond acceptors (Lipinski definition) is 0. The molecule has 0 atom stereocenters. The van der Waals surface area contributed by atoms with Crippen molar-refractivity contribution in [3.8, 4) is 0 Å². The van der Waals surface area contributed by atoms with Crippen LogP contribution in [0.5, 0.6) is 0 Å². The Hall–Kier alpha value is 0.130. The lowest BCUT2D eigenvalue weighted by atomic mass is 9.65. The Morgan fingerprint density at radius 3 is 1.38 bits per heavy atom. The standard InChI is InChI=1S/C6H15B.BH3/c1-5(2)6(3,4)7;/h5H,7H2,1-4H3;1H3. The third kappa shape index (κ3) is 4.29. The normalized spacial score (nSPS) is 11.1. The molecule has 0 aliphatic carbocycles. The van der Waals surface area contributed by atoms with Crippen molar-refractivity contribution in [1.29, 1.82) is 0 Å². The zero-order chi connectivity index (χ0) is 6.08. The van der Waals surface area contributed by atoms with Crippen LogP contribution in [0, 0.1) is 5.92 Å². The van der Waals surface area contributed by atoms with Crippen molar-refractivity contribution in [3.63, 3.8) is 0 Å². The summed E-state index contributed by atoms with van der Waals surface area (Å²) in [6, 6.07) is 0. The van der Waals surface area contributed by atoms with Gasteiger partial charge >= 0.3 is 0 Å². The van der Waals surface area contributed by atoms with Crippen molar-refractivity contribution < 1.29 is 0 Å². The van der Waals surface area contributed by atoms with Crippen LogP contribution in [-0.4, -0.2) is 16.3 Å². The topological polar surface area (TPSA) is 0 Å². The predicted molar refractivity (Wildman–Crippen MR) is 47.4 cm³/mol. The molecule has 0 aromatic heterocycles. The molecule has 8 heavy (non-hydrogen) atoms. The molecule has 0 aliphatic rings. The summed E-state index contributed by atoms with van der Waals surface area (Å²) in [5.41, 5.74) is 0. The van der Waals surface area contributed by atoms with Crippen molar-refractivity contribution >= 4 is 16.3 Å². The summed E-state index contributed by atoms with van der Waals surface area (Å²) in [5.74, 6) is 0.799. The molecule has 0 spiro atoms. The molecular formula is C6H18B2. The zero-order valence-corrected chi connectivity index (χ0v) is 6.08. The summed E-state index contributed by atoms with van der Waals surface area (Å²) in [6.07, 6.45) is 0. The van der Waals surface area contributed by atoms with E-state index in [0.717, 1.165) is 5.92 Å². The summed E-state index contributed by atoms with van der Waals surface area (Å²) in [4.78, 5) is 0. The van der Waals surface area contributed by atoms with Crippen LogP contribution in [0.3, 0.4) is 0 Å². The van der Waals surface area contributed by atoms with Crippen molar-refractivity contribution in [3.05, 3.63) is 0 Å². The highest BCUT2D eigenvalue weighted by Gasteiger charge is 2.13. The van der Waals surface area contributed by atoms with Gasteiger partial charge in [-0.05, 0) is 5.92 Å². The molecule has 0 aromatic carbocycles. The van der Waals surface area contributed by atoms with Gasteiger partial charge in [0, 0.05) is 0 Å². The van der Waals surface area contributed by atoms with Crippen molar-refractivity contribution in [2.45, 2.75) is 33.0 Å². The van der Waals surface area contributed by atoms with Gasteiger partial charge in [0.25, 0.3) is 0 Å². The van der Waals surface area contributed by atoms with E-state index in [-0.39, 0.29) is 8.41 Å². The second-order valence-corrected chi connectivity index (χ2v) is 3.52. The molecule has 0 radical (unpaired) electrons. The van der Waals surface area contributed by atoms with E-state index in [2.05, 4.69) is 35.5 Å². The molecule has 0 amide bonds. The van der Waals surface area contributed by atoms with E-state index in [1.165, 1.54) is 0 Å². The summed E-state index contributed by atoms with van der Waals surface area (Å²) in [7, 11) is 2.26. The molecule has 0 bridgehead atoms. The monoisotopic (exact) mass is 112 g/mol. The molecule has 0 saturated carbocycles. The fourth-order valence-electron chi connectivity index (χ4n) is 0. The Balaban J connectivity index is 0. The molecule has 0 nitrogen and oxygen atoms in total. The van der Waals surface area contributed by atoms with Gasteiger partial charge in [-0.3, -0.25) is 0 Å². The first kappa shape index (κ1) is 11.0. The van der Waals surface area contributed by atoms with E-state index in [1.807, 2.05) is 0 Å². The van der Waals surface area contributed by atoms with Gasteiger partial charge in [-0.25, -0.2) is 0 Å². The Bertz CT molecular complexity index is 52.0. The van der Waals surface area contributed by atoms with Gasteiger partial charge in [0.05, 0.1) is 8.41 Å². The molecule has 0 saturated heterocycles. The fourth-order valence-corrected chi connectivity index (χ4v) is 0. The van der Waals surface area contributed by atoms with Gasteiger partial charge in [-0.2, -0.15) is 0 Å². The highest BCUT2D eigenvalue weighted by atomic mass is 14.1. The van der Waals surface area contributed by atoms with Gasteiger partial charge in [-0.15, -0.1) is 0 Å². The SMILES string of the molecule is B.BC(C)(C)C(C)C. The van der Waals surface area contributed by atoms with Crippen LogP contribution in [0.2, 0.25) is 5.31 Å². The van der Waals surface area contributed by atoms with Crippen LogP contribution in [-0.2, 0) is 0 Å². The second kappa shape index (κ2) is 3.21. The van der Waals surface area contributed by atoms with Crippen LogP contribution >= 0.6 is 0 Å². The van der Waals surface area contributed by atoms with E-state index < -0.39 is 0 Å². The number of rotatable bonds is 1. The second-order valence-electron chi connectivity index (χ2n) is 3.52. The van der Waals surface area contributed by atoms with E-state index in [0.29, 0.717) is 5.31 Å². The van der Waals surface area contributed by atoms with Crippen LogP contribution in [0.4, 0.5) is 0 Å². The van der Waals surface area contributed by atoms with Gasteiger partial charge in [0.15, 0.2) is 0 Å². The summed E-state index contributed by atoms with van der Waals surface area (Å²) in [6.45, 7) is 9.02. The maximum Gasteiger partial charge on any atom is 0.109 e. The van der Waals surface area contributed by atoms with Gasteiger partial charge in [0.1, 0.15) is 7.85 Å². The molecule has 2 heteroatoms. The Kier molecular flexibility index (Phi) is 4.42. The van der Waals surface area contributed by atoms with E-state index in [9.17, 15) is 0 Å². The van der Waals surface area contributed by atoms with Crippen LogP contribution in [0.15, 0.2) is 0 Å². The van der Waals surface area contributed by atoms with E-state index in [4.69, 9.17) is 0 Å². The van der Waals surface area contributed by atoms with E-state index >= 15 is 0 Å². The predicted octanol–water partition coefficient (Wildman–Crippen LogP) is 0.290. The van der Waals surface area contributed by atoms with Crippen LogP contribution in [0.1, 0.15) is 27.7 Å². The van der Waals surface area contributed by atoms with Crippen LogP contribution < -0.4 is 0 Å². The summed E-state index contributed by atoms with van der Waals surface area (Å²) < 4.78 is 0. The Morgan fingerprint density at radius 2 is 1.38 bits per heavy atom. The minimum atomic E-state index is 0. The smallest absolute Gasteiger partial charge is 0.0670 e. The van der Waals surface area contributed by atoms with Crippen LogP contribution in [0.25, 0.3) is 0 Å². The Morgan fingerprint density at radius 1 is 1.25 bits per heavy atom. The van der Waals surface area contributed by atoms with Crippen molar-refractivity contribution in [2.75, 3.05) is 0 Å². The lowest BCUT2D eigenvalue weighted by Crippen LogP contribution is -2.09. The lowest BCUT2D eigenvalue weighted by molar-refractivity contribution is 0.480. The third-order valence-electron chi connectivity index (χ3n) is 1.73. The average molecular weight is 112 g/mol. The minimum absolute atomic E-state index is 0. The average Bonchev–Trinajstić information content (AvgIpc) is 1.31. The molecule has 0 fully saturated rings. The molecule has 0 unspecified atom stereocenters. The molecule has 0 aliphatic heterocycles. The minimum Gasteiger partial charge on any atom is -0.0670 e. The maximum absolute atomic E-state index is 2.26. The van der Waals surface area contributed by atoms with Gasteiger partial charge in [-0.1, -0.05) is 33.0 Å². The quantitative estimate of drug-likeness (QED) is 0.427.